The molecule has 2 heterocycles. The second kappa shape index (κ2) is 10.2. The highest BCUT2D eigenvalue weighted by atomic mass is 32.1. The standard InChI is InChI=1S/C26H31N3O3S/c1-17(2)14-23(29(25(31)32)26(3,4)5)24(30)28-22-7-6-19(18-8-11-27-12-9-18)15-21(22)20-10-13-33-16-20/h6-13,15-17,23H,14H2,1-5H3,(H,28,30)(H,31,32). The first kappa shape index (κ1) is 24.5. The number of nitrogens with one attached hydrogen (secondary N) is 1. The van der Waals surface area contributed by atoms with Gasteiger partial charge in [0.25, 0.3) is 0 Å². The average molecular weight is 466 g/mol. The number of rotatable bonds is 7. The van der Waals surface area contributed by atoms with Crippen LogP contribution in [0.5, 0.6) is 0 Å². The lowest BCUT2D eigenvalue weighted by atomic mass is 9.95. The van der Waals surface area contributed by atoms with E-state index < -0.39 is 17.7 Å². The molecule has 1 atom stereocenters. The van der Waals surface area contributed by atoms with E-state index in [1.807, 2.05) is 81.8 Å². The fourth-order valence-corrected chi connectivity index (χ4v) is 4.57. The molecule has 1 aromatic carbocycles. The topological polar surface area (TPSA) is 82.5 Å². The van der Waals surface area contributed by atoms with Crippen LogP contribution in [0.3, 0.4) is 0 Å². The predicted molar refractivity (Wildman–Crippen MR) is 134 cm³/mol. The number of thiophene rings is 1. The molecule has 0 bridgehead atoms. The quantitative estimate of drug-likeness (QED) is 0.411. The summed E-state index contributed by atoms with van der Waals surface area (Å²) in [6, 6.07) is 11.0. The van der Waals surface area contributed by atoms with E-state index in [4.69, 9.17) is 0 Å². The average Bonchev–Trinajstić information content (AvgIpc) is 3.27. The zero-order chi connectivity index (χ0) is 24.2. The van der Waals surface area contributed by atoms with Gasteiger partial charge in [-0.05, 0) is 90.9 Å². The fraction of sp³-hybridized carbons (Fsp3) is 0.346. The summed E-state index contributed by atoms with van der Waals surface area (Å²) in [6.07, 6.45) is 2.82. The molecule has 2 aromatic heterocycles. The minimum Gasteiger partial charge on any atom is -0.465 e. The van der Waals surface area contributed by atoms with Crippen LogP contribution >= 0.6 is 11.3 Å². The van der Waals surface area contributed by atoms with Crippen molar-refractivity contribution in [3.63, 3.8) is 0 Å². The summed E-state index contributed by atoms with van der Waals surface area (Å²) in [7, 11) is 0. The van der Waals surface area contributed by atoms with Gasteiger partial charge in [-0.15, -0.1) is 0 Å². The van der Waals surface area contributed by atoms with Gasteiger partial charge in [0.2, 0.25) is 5.91 Å². The number of hydrogen-bond donors (Lipinski definition) is 2. The Balaban J connectivity index is 2.01. The molecule has 0 aliphatic carbocycles. The Morgan fingerprint density at radius 1 is 1.06 bits per heavy atom. The fourth-order valence-electron chi connectivity index (χ4n) is 3.91. The van der Waals surface area contributed by atoms with Crippen LogP contribution < -0.4 is 5.32 Å². The summed E-state index contributed by atoms with van der Waals surface area (Å²) < 4.78 is 0. The third-order valence-corrected chi connectivity index (χ3v) is 6.04. The van der Waals surface area contributed by atoms with E-state index in [-0.39, 0.29) is 11.8 Å². The molecule has 174 valence electrons. The molecule has 2 amide bonds. The molecule has 0 fully saturated rings. The van der Waals surface area contributed by atoms with E-state index in [0.717, 1.165) is 22.3 Å². The second-order valence-electron chi connectivity index (χ2n) is 9.47. The normalized spacial score (nSPS) is 12.4. The maximum absolute atomic E-state index is 13.5. The molecule has 0 radical (unpaired) electrons. The highest BCUT2D eigenvalue weighted by molar-refractivity contribution is 7.08. The number of anilines is 1. The van der Waals surface area contributed by atoms with Gasteiger partial charge in [0.1, 0.15) is 6.04 Å². The Kier molecular flexibility index (Phi) is 7.53. The van der Waals surface area contributed by atoms with Crippen molar-refractivity contribution in [1.82, 2.24) is 9.88 Å². The van der Waals surface area contributed by atoms with E-state index in [1.165, 1.54) is 4.90 Å². The Labute approximate surface area is 199 Å². The summed E-state index contributed by atoms with van der Waals surface area (Å²) in [5.74, 6) is -0.176. The second-order valence-corrected chi connectivity index (χ2v) is 10.2. The monoisotopic (exact) mass is 465 g/mol. The number of pyridine rings is 1. The van der Waals surface area contributed by atoms with E-state index in [2.05, 4.69) is 10.3 Å². The molecule has 0 spiro atoms. The number of carbonyl (C=O) groups is 2. The minimum absolute atomic E-state index is 0.148. The van der Waals surface area contributed by atoms with Gasteiger partial charge in [0.05, 0.1) is 0 Å². The highest BCUT2D eigenvalue weighted by Gasteiger charge is 2.38. The van der Waals surface area contributed by atoms with Crippen LogP contribution in [-0.2, 0) is 4.79 Å². The molecular weight excluding hydrogens is 434 g/mol. The largest absolute Gasteiger partial charge is 0.465 e. The lowest BCUT2D eigenvalue weighted by Crippen LogP contribution is -2.56. The predicted octanol–water partition coefficient (Wildman–Crippen LogP) is 6.61. The van der Waals surface area contributed by atoms with Crippen molar-refractivity contribution in [3.05, 3.63) is 59.6 Å². The lowest BCUT2D eigenvalue weighted by Gasteiger charge is -2.39. The number of amides is 2. The first-order chi connectivity index (χ1) is 15.6. The lowest BCUT2D eigenvalue weighted by molar-refractivity contribution is -0.123. The molecular formula is C26H31N3O3S. The van der Waals surface area contributed by atoms with Crippen molar-refractivity contribution in [3.8, 4) is 22.3 Å². The molecule has 0 saturated carbocycles. The van der Waals surface area contributed by atoms with Crippen LogP contribution in [0.4, 0.5) is 10.5 Å². The third-order valence-electron chi connectivity index (χ3n) is 5.36. The van der Waals surface area contributed by atoms with Gasteiger partial charge in [-0.25, -0.2) is 4.79 Å². The molecule has 33 heavy (non-hydrogen) atoms. The smallest absolute Gasteiger partial charge is 0.408 e. The summed E-state index contributed by atoms with van der Waals surface area (Å²) in [5.41, 5.74) is 3.87. The molecule has 0 aliphatic heterocycles. The van der Waals surface area contributed by atoms with Crippen molar-refractivity contribution in [2.75, 3.05) is 5.32 Å². The van der Waals surface area contributed by atoms with Crippen molar-refractivity contribution in [2.45, 2.75) is 52.6 Å². The van der Waals surface area contributed by atoms with Gasteiger partial charge >= 0.3 is 6.09 Å². The SMILES string of the molecule is CC(C)CC(C(=O)Nc1ccc(-c2ccncc2)cc1-c1ccsc1)N(C(=O)O)C(C)(C)C. The van der Waals surface area contributed by atoms with Crippen LogP contribution in [0.2, 0.25) is 0 Å². The van der Waals surface area contributed by atoms with E-state index in [0.29, 0.717) is 12.1 Å². The number of benzene rings is 1. The van der Waals surface area contributed by atoms with Crippen LogP contribution in [0, 0.1) is 5.92 Å². The van der Waals surface area contributed by atoms with Crippen molar-refractivity contribution in [1.29, 1.82) is 0 Å². The molecule has 2 N–H and O–H groups in total. The van der Waals surface area contributed by atoms with Gasteiger partial charge in [-0.1, -0.05) is 19.9 Å². The number of carboxylic acid groups (broad SMARTS) is 1. The molecule has 1 unspecified atom stereocenters. The van der Waals surface area contributed by atoms with E-state index in [1.54, 1.807) is 23.7 Å². The van der Waals surface area contributed by atoms with Crippen LogP contribution in [0.1, 0.15) is 41.0 Å². The summed E-state index contributed by atoms with van der Waals surface area (Å²) in [6.45, 7) is 9.40. The highest BCUT2D eigenvalue weighted by Crippen LogP contribution is 2.34. The molecule has 3 aromatic rings. The minimum atomic E-state index is -1.10. The molecule has 0 saturated heterocycles. The molecule has 7 heteroatoms. The molecule has 3 rings (SSSR count). The Hall–Kier alpha value is -3.19. The van der Waals surface area contributed by atoms with Gasteiger partial charge in [0, 0.05) is 29.2 Å². The summed E-state index contributed by atoms with van der Waals surface area (Å²) in [4.78, 5) is 31.0. The number of nitrogens with zero attached hydrogens (tertiary/aromatic N) is 2. The Morgan fingerprint density at radius 3 is 2.30 bits per heavy atom. The van der Waals surface area contributed by atoms with Crippen molar-refractivity contribution in [2.24, 2.45) is 5.92 Å². The maximum atomic E-state index is 13.5. The van der Waals surface area contributed by atoms with Gasteiger partial charge in [-0.3, -0.25) is 14.7 Å². The molecule has 6 nitrogen and oxygen atoms in total. The zero-order valence-corrected chi connectivity index (χ0v) is 20.5. The summed E-state index contributed by atoms with van der Waals surface area (Å²) >= 11 is 1.58. The van der Waals surface area contributed by atoms with Crippen LogP contribution in [0.15, 0.2) is 59.6 Å². The van der Waals surface area contributed by atoms with Crippen molar-refractivity contribution < 1.29 is 14.7 Å². The van der Waals surface area contributed by atoms with E-state index >= 15 is 0 Å². The van der Waals surface area contributed by atoms with Gasteiger partial charge in [-0.2, -0.15) is 11.3 Å². The maximum Gasteiger partial charge on any atom is 0.408 e. The van der Waals surface area contributed by atoms with Crippen molar-refractivity contribution >= 4 is 29.0 Å². The van der Waals surface area contributed by atoms with Crippen LogP contribution in [0.25, 0.3) is 22.3 Å². The molecule has 0 aliphatic rings. The first-order valence-corrected chi connectivity index (χ1v) is 11.9. The van der Waals surface area contributed by atoms with Crippen LogP contribution in [-0.4, -0.2) is 38.6 Å². The van der Waals surface area contributed by atoms with E-state index in [9.17, 15) is 14.7 Å². The summed E-state index contributed by atoms with van der Waals surface area (Å²) in [5, 5.41) is 17.0. The Bertz CT molecular complexity index is 1090. The number of aromatic nitrogens is 1. The Morgan fingerprint density at radius 2 is 1.76 bits per heavy atom. The number of carbonyl (C=O) groups excluding carboxylic acids is 1. The number of hydrogen-bond acceptors (Lipinski definition) is 4. The van der Waals surface area contributed by atoms with Gasteiger partial charge in [0.15, 0.2) is 0 Å². The zero-order valence-electron chi connectivity index (χ0n) is 19.7. The first-order valence-electron chi connectivity index (χ1n) is 11.0. The van der Waals surface area contributed by atoms with Gasteiger partial charge < -0.3 is 10.4 Å². The third kappa shape index (κ3) is 5.99.